The number of nitriles is 1. The number of ether oxygens (including phenoxy) is 1. The van der Waals surface area contributed by atoms with Crippen molar-refractivity contribution in [1.29, 1.82) is 5.26 Å². The van der Waals surface area contributed by atoms with Crippen molar-refractivity contribution in [2.45, 2.75) is 23.9 Å². The van der Waals surface area contributed by atoms with Crippen LogP contribution in [0.25, 0.3) is 0 Å². The Morgan fingerprint density at radius 2 is 1.51 bits per heavy atom. The average Bonchev–Trinajstić information content (AvgIpc) is 3.49. The monoisotopic (exact) mass is 775 g/mol. The lowest BCUT2D eigenvalue weighted by Gasteiger charge is -2.39. The van der Waals surface area contributed by atoms with E-state index < -0.39 is 22.1 Å². The fraction of sp³-hybridized carbons (Fsp3) is 0.371. The van der Waals surface area contributed by atoms with Crippen molar-refractivity contribution in [3.8, 4) is 11.8 Å². The van der Waals surface area contributed by atoms with Gasteiger partial charge in [-0.25, -0.2) is 17.5 Å². The van der Waals surface area contributed by atoms with Crippen LogP contribution < -0.4 is 4.74 Å². The third-order valence-electron chi connectivity index (χ3n) is 8.70. The van der Waals surface area contributed by atoms with Crippen LogP contribution in [0, 0.1) is 11.3 Å². The lowest BCUT2D eigenvalue weighted by Crippen LogP contribution is -2.55. The summed E-state index contributed by atoms with van der Waals surface area (Å²) in [6.45, 7) is 3.85. The molecular weight excluding hydrogens is 737 g/mol. The number of piperazine rings is 1. The van der Waals surface area contributed by atoms with E-state index in [0.29, 0.717) is 36.2 Å². The zero-order valence-corrected chi connectivity index (χ0v) is 32.1. The molecule has 2 heterocycles. The van der Waals surface area contributed by atoms with Crippen LogP contribution in [0.1, 0.15) is 41.3 Å². The van der Waals surface area contributed by atoms with E-state index >= 15 is 0 Å². The van der Waals surface area contributed by atoms with Gasteiger partial charge in [0, 0.05) is 70.5 Å². The van der Waals surface area contributed by atoms with Gasteiger partial charge in [0.2, 0.25) is 15.9 Å². The van der Waals surface area contributed by atoms with Crippen molar-refractivity contribution in [1.82, 2.24) is 23.9 Å². The van der Waals surface area contributed by atoms with E-state index in [9.17, 15) is 23.3 Å². The molecule has 0 aromatic heterocycles. The second-order valence-corrected chi connectivity index (χ2v) is 15.3. The Morgan fingerprint density at radius 1 is 0.941 bits per heavy atom. The summed E-state index contributed by atoms with van der Waals surface area (Å²) < 4.78 is 34.1. The van der Waals surface area contributed by atoms with E-state index in [1.807, 2.05) is 35.2 Å². The molecule has 2 atom stereocenters. The Balaban J connectivity index is 0.00000583. The van der Waals surface area contributed by atoms with Crippen molar-refractivity contribution >= 4 is 63.4 Å². The summed E-state index contributed by atoms with van der Waals surface area (Å²) in [6.07, 6.45) is 0. The summed E-state index contributed by atoms with van der Waals surface area (Å²) in [5.41, 5.74) is 1.64. The minimum Gasteiger partial charge on any atom is -0.493 e. The number of hydrogen-bond donors (Lipinski definition) is 0. The number of likely N-dealkylation sites (N-methyl/N-ethyl adjacent to an activating group) is 1. The Bertz CT molecular complexity index is 1930. The molecule has 12 nitrogen and oxygen atoms in total. The molecule has 3 aromatic carbocycles. The number of amidine groups is 1. The number of benzene rings is 3. The summed E-state index contributed by atoms with van der Waals surface area (Å²) >= 11 is 12.6. The van der Waals surface area contributed by atoms with E-state index in [1.54, 1.807) is 55.1 Å². The fourth-order valence-corrected chi connectivity index (χ4v) is 7.24. The molecule has 1 saturated heterocycles. The molecule has 0 bridgehead atoms. The maximum Gasteiger partial charge on any atom is 0.326 e. The molecule has 5 rings (SSSR count). The number of rotatable bonds is 9. The molecular formula is C35H40Cl3N7O5S. The molecule has 1 fully saturated rings. The number of carbonyl (C=O) groups is 2. The van der Waals surface area contributed by atoms with Crippen molar-refractivity contribution < 1.29 is 22.7 Å². The summed E-state index contributed by atoms with van der Waals surface area (Å²) in [5.74, 6) is 0.361. The van der Waals surface area contributed by atoms with Crippen molar-refractivity contribution in [3.05, 3.63) is 93.0 Å². The molecule has 16 heteroatoms. The van der Waals surface area contributed by atoms with Gasteiger partial charge in [-0.05, 0) is 48.4 Å². The minimum atomic E-state index is -4.10. The first-order valence-corrected chi connectivity index (χ1v) is 18.2. The Labute approximate surface area is 315 Å². The number of urea groups is 1. The molecule has 51 heavy (non-hydrogen) atoms. The summed E-state index contributed by atoms with van der Waals surface area (Å²) in [5, 5.41) is 11.1. The van der Waals surface area contributed by atoms with Gasteiger partial charge in [0.05, 0.1) is 30.3 Å². The van der Waals surface area contributed by atoms with Crippen molar-refractivity contribution in [2.24, 2.45) is 4.99 Å². The van der Waals surface area contributed by atoms with Crippen LogP contribution in [0.15, 0.2) is 70.6 Å². The van der Waals surface area contributed by atoms with E-state index in [2.05, 4.69) is 0 Å². The smallest absolute Gasteiger partial charge is 0.326 e. The molecule has 0 saturated carbocycles. The van der Waals surface area contributed by atoms with Gasteiger partial charge in [-0.2, -0.15) is 5.26 Å². The van der Waals surface area contributed by atoms with Crippen molar-refractivity contribution in [3.63, 3.8) is 0 Å². The lowest BCUT2D eigenvalue weighted by atomic mass is 9.93. The predicted octanol–water partition coefficient (Wildman–Crippen LogP) is 5.31. The van der Waals surface area contributed by atoms with E-state index in [-0.39, 0.29) is 65.1 Å². The normalized spacial score (nSPS) is 17.8. The third-order valence-corrected chi connectivity index (χ3v) is 11.1. The highest BCUT2D eigenvalue weighted by molar-refractivity contribution is 7.89. The number of sulfonamides is 1. The fourth-order valence-electron chi connectivity index (χ4n) is 5.94. The Morgan fingerprint density at radius 3 is 2.02 bits per heavy atom. The zero-order valence-electron chi connectivity index (χ0n) is 28.9. The number of hydrogen-bond acceptors (Lipinski definition) is 8. The molecule has 0 N–H and O–H groups in total. The average molecular weight is 777 g/mol. The van der Waals surface area contributed by atoms with Crippen LogP contribution in [0.5, 0.6) is 5.75 Å². The van der Waals surface area contributed by atoms with E-state index in [0.717, 1.165) is 15.4 Å². The minimum absolute atomic E-state index is 0. The van der Waals surface area contributed by atoms with Gasteiger partial charge in [0.15, 0.2) is 0 Å². The molecule has 3 amide bonds. The molecule has 0 spiro atoms. The number of carbonyl (C=O) groups excluding carboxylic acids is 2. The first-order valence-electron chi connectivity index (χ1n) is 16.0. The molecule has 0 aliphatic carbocycles. The largest absolute Gasteiger partial charge is 0.493 e. The molecule has 2 aliphatic rings. The van der Waals surface area contributed by atoms with Gasteiger partial charge >= 0.3 is 6.03 Å². The number of halogens is 3. The second-order valence-electron chi connectivity index (χ2n) is 12.3. The highest BCUT2D eigenvalue weighted by Crippen LogP contribution is 2.46. The molecule has 2 aliphatic heterocycles. The molecule has 3 aromatic rings. The van der Waals surface area contributed by atoms with E-state index in [4.69, 9.17) is 32.9 Å². The van der Waals surface area contributed by atoms with Crippen LogP contribution in [0.2, 0.25) is 10.0 Å². The molecule has 0 radical (unpaired) electrons. The summed E-state index contributed by atoms with van der Waals surface area (Å²) in [4.78, 5) is 39.1. The zero-order chi connectivity index (χ0) is 36.3. The lowest BCUT2D eigenvalue weighted by molar-refractivity contribution is -0.130. The van der Waals surface area contributed by atoms with Crippen LogP contribution in [-0.2, 0) is 14.8 Å². The Hall–Kier alpha value is -3.90. The van der Waals surface area contributed by atoms with Crippen LogP contribution in [0.3, 0.4) is 0 Å². The summed E-state index contributed by atoms with van der Waals surface area (Å²) in [7, 11) is 2.08. The van der Waals surface area contributed by atoms with Crippen LogP contribution in [0.4, 0.5) is 4.79 Å². The predicted molar refractivity (Wildman–Crippen MR) is 199 cm³/mol. The number of amides is 3. The van der Waals surface area contributed by atoms with Crippen LogP contribution in [-0.4, -0.2) is 118 Å². The maximum absolute atomic E-state index is 14.9. The number of aliphatic imine (C=N–C) groups is 1. The van der Waals surface area contributed by atoms with E-state index in [1.165, 1.54) is 31.1 Å². The number of nitrogens with zero attached hydrogens (tertiary/aromatic N) is 7. The second kappa shape index (κ2) is 16.6. The van der Waals surface area contributed by atoms with Gasteiger partial charge < -0.3 is 14.5 Å². The van der Waals surface area contributed by atoms with Crippen molar-refractivity contribution in [2.75, 3.05) is 67.5 Å². The SMILES string of the molecule is CCOc1cc(C#N)c(S(=O)(=O)N(C)C)cc1C1=N[C@@H](c2ccc(Cl)cc2)[C@@H](c2ccc(Cl)cc2)N1C(=O)N1CCN(CC(=O)N(C)C)CC1.Cl. The topological polar surface area (TPSA) is 130 Å². The molecule has 272 valence electrons. The first-order chi connectivity index (χ1) is 23.8. The standard InChI is InChI=1S/C35H39Cl2N7O5S.ClH/c1-6-49-29-19-25(21-38)30(50(47,48)41(4)5)20-28(29)34-39-32(23-7-11-26(36)12-8-23)33(24-9-13-27(37)14-10-24)44(34)35(46)43-17-15-42(16-18-43)22-31(45)40(2)3;/h7-14,19-20,32-33H,6,15-18,22H2,1-5H3;1H/t32-,33+;/m0./s1. The van der Waals surface area contributed by atoms with Gasteiger partial charge in [0.1, 0.15) is 28.6 Å². The quantitative estimate of drug-likeness (QED) is 0.288. The summed E-state index contributed by atoms with van der Waals surface area (Å²) in [6, 6.07) is 17.4. The first kappa shape index (κ1) is 39.9. The third kappa shape index (κ3) is 8.43. The van der Waals surface area contributed by atoms with Gasteiger partial charge in [-0.1, -0.05) is 47.5 Å². The van der Waals surface area contributed by atoms with Gasteiger partial charge in [-0.15, -0.1) is 12.4 Å². The van der Waals surface area contributed by atoms with Gasteiger partial charge in [-0.3, -0.25) is 19.6 Å². The molecule has 0 unspecified atom stereocenters. The Kier molecular flexibility index (Phi) is 13.0. The highest BCUT2D eigenvalue weighted by atomic mass is 35.5. The highest BCUT2D eigenvalue weighted by Gasteiger charge is 2.45. The maximum atomic E-state index is 14.9. The van der Waals surface area contributed by atoms with Crippen LogP contribution >= 0.6 is 35.6 Å². The van der Waals surface area contributed by atoms with Gasteiger partial charge in [0.25, 0.3) is 0 Å².